The van der Waals surface area contributed by atoms with Gasteiger partial charge in [0.2, 0.25) is 0 Å². The molecule has 124 valence electrons. The molecular weight excluding hydrogens is 303 g/mol. The number of halogens is 1. The molecule has 8 heteroatoms. The Morgan fingerprint density at radius 2 is 2.04 bits per heavy atom. The quantitative estimate of drug-likeness (QED) is 0.909. The van der Waals surface area contributed by atoms with Gasteiger partial charge >= 0.3 is 5.69 Å². The number of nitrogens with one attached hydrogen (secondary N) is 1. The molecule has 0 amide bonds. The van der Waals surface area contributed by atoms with Crippen molar-refractivity contribution >= 4 is 11.0 Å². The van der Waals surface area contributed by atoms with Crippen LogP contribution in [0.5, 0.6) is 0 Å². The molecule has 0 radical (unpaired) electrons. The van der Waals surface area contributed by atoms with Crippen LogP contribution in [-0.2, 0) is 13.6 Å². The fourth-order valence-corrected chi connectivity index (χ4v) is 2.90. The molecule has 1 N–H and O–H groups in total. The van der Waals surface area contributed by atoms with Gasteiger partial charge in [0.25, 0.3) is 11.1 Å². The molecule has 1 saturated carbocycles. The number of alkyl halides is 1. The number of aromatic nitrogens is 4. The van der Waals surface area contributed by atoms with E-state index in [1.54, 1.807) is 0 Å². The van der Waals surface area contributed by atoms with E-state index in [1.807, 2.05) is 0 Å². The summed E-state index contributed by atoms with van der Waals surface area (Å²) in [6.45, 7) is 1.57. The summed E-state index contributed by atoms with van der Waals surface area (Å²) in [4.78, 5) is 43.2. The van der Waals surface area contributed by atoms with E-state index in [0.717, 1.165) is 23.8 Å². The number of hydrogen-bond acceptors (Lipinski definition) is 4. The monoisotopic (exact) mass is 322 g/mol. The van der Waals surface area contributed by atoms with Gasteiger partial charge < -0.3 is 4.98 Å². The predicted molar refractivity (Wildman–Crippen MR) is 83.3 cm³/mol. The van der Waals surface area contributed by atoms with Crippen LogP contribution >= 0.6 is 0 Å². The van der Waals surface area contributed by atoms with Gasteiger partial charge in [-0.25, -0.2) is 14.2 Å². The molecule has 2 aromatic rings. The SMILES string of the molecule is CC(F)c1nc2c(=O)n(C)c(=O)n(CCC3CCC3)c2c(=O)[nH]1. The predicted octanol–water partition coefficient (Wildman–Crippen LogP) is 1.00. The first-order valence-corrected chi connectivity index (χ1v) is 7.78. The van der Waals surface area contributed by atoms with Gasteiger partial charge in [-0.1, -0.05) is 19.3 Å². The number of nitrogens with zero attached hydrogens (tertiary/aromatic N) is 3. The van der Waals surface area contributed by atoms with Crippen molar-refractivity contribution in [1.29, 1.82) is 0 Å². The van der Waals surface area contributed by atoms with Crippen molar-refractivity contribution in [2.75, 3.05) is 0 Å². The van der Waals surface area contributed by atoms with Crippen molar-refractivity contribution in [3.05, 3.63) is 37.0 Å². The van der Waals surface area contributed by atoms with E-state index in [-0.39, 0.29) is 16.9 Å². The summed E-state index contributed by atoms with van der Waals surface area (Å²) in [5.41, 5.74) is -2.11. The van der Waals surface area contributed by atoms with Gasteiger partial charge in [-0.3, -0.25) is 18.7 Å². The highest BCUT2D eigenvalue weighted by Gasteiger charge is 2.21. The number of hydrogen-bond donors (Lipinski definition) is 1. The molecular formula is C15H19FN4O3. The first-order valence-electron chi connectivity index (χ1n) is 7.78. The third-order valence-corrected chi connectivity index (χ3v) is 4.57. The maximum absolute atomic E-state index is 13.5. The van der Waals surface area contributed by atoms with E-state index in [0.29, 0.717) is 12.5 Å². The van der Waals surface area contributed by atoms with Crippen molar-refractivity contribution in [2.45, 2.75) is 45.3 Å². The first-order chi connectivity index (χ1) is 10.9. The van der Waals surface area contributed by atoms with Crippen molar-refractivity contribution in [2.24, 2.45) is 13.0 Å². The average Bonchev–Trinajstić information content (AvgIpc) is 2.46. The summed E-state index contributed by atoms with van der Waals surface area (Å²) in [5.74, 6) is 0.343. The highest BCUT2D eigenvalue weighted by molar-refractivity contribution is 5.72. The standard InChI is InChI=1S/C15H19FN4O3/c1-8(16)12-17-10-11(13(21)18-12)20(7-6-9-4-3-5-9)15(23)19(2)14(10)22/h8-9H,3-7H2,1-2H3,(H,17,18,21). The Bertz CT molecular complexity index is 921. The number of fused-ring (bicyclic) bond motifs is 1. The maximum atomic E-state index is 13.5. The van der Waals surface area contributed by atoms with E-state index >= 15 is 0 Å². The van der Waals surface area contributed by atoms with Crippen molar-refractivity contribution in [3.63, 3.8) is 0 Å². The minimum Gasteiger partial charge on any atom is -0.306 e. The molecule has 1 atom stereocenters. The summed E-state index contributed by atoms with van der Waals surface area (Å²) in [5, 5.41) is 0. The summed E-state index contributed by atoms with van der Waals surface area (Å²) >= 11 is 0. The molecule has 0 aliphatic heterocycles. The Hall–Kier alpha value is -2.25. The molecule has 1 aliphatic rings. The highest BCUT2D eigenvalue weighted by Crippen LogP contribution is 2.29. The Morgan fingerprint density at radius 1 is 1.35 bits per heavy atom. The van der Waals surface area contributed by atoms with Crippen LogP contribution in [0.2, 0.25) is 0 Å². The van der Waals surface area contributed by atoms with Gasteiger partial charge in [0.1, 0.15) is 11.3 Å². The molecule has 1 unspecified atom stereocenters. The van der Waals surface area contributed by atoms with Gasteiger partial charge in [0.05, 0.1) is 0 Å². The fourth-order valence-electron chi connectivity index (χ4n) is 2.90. The second kappa shape index (κ2) is 5.75. The Balaban J connectivity index is 2.23. The fraction of sp³-hybridized carbons (Fsp3) is 0.600. The molecule has 1 fully saturated rings. The minimum absolute atomic E-state index is 0.0678. The second-order valence-electron chi connectivity index (χ2n) is 6.15. The van der Waals surface area contributed by atoms with E-state index in [1.165, 1.54) is 25.0 Å². The Morgan fingerprint density at radius 3 is 2.61 bits per heavy atom. The summed E-state index contributed by atoms with van der Waals surface area (Å²) in [6.07, 6.45) is 2.70. The molecule has 2 heterocycles. The van der Waals surface area contributed by atoms with Crippen molar-refractivity contribution in [1.82, 2.24) is 19.1 Å². The zero-order chi connectivity index (χ0) is 16.7. The van der Waals surface area contributed by atoms with E-state index in [9.17, 15) is 18.8 Å². The third kappa shape index (κ3) is 2.62. The normalized spacial score (nSPS) is 16.5. The molecule has 2 aromatic heterocycles. The van der Waals surface area contributed by atoms with E-state index < -0.39 is 23.0 Å². The lowest BCUT2D eigenvalue weighted by Gasteiger charge is -2.25. The van der Waals surface area contributed by atoms with Gasteiger partial charge in [0.15, 0.2) is 11.7 Å². The first kappa shape index (κ1) is 15.6. The van der Waals surface area contributed by atoms with Crippen LogP contribution in [0.25, 0.3) is 11.0 Å². The Kier molecular flexibility index (Phi) is 3.91. The number of aryl methyl sites for hydroxylation is 1. The summed E-state index contributed by atoms with van der Waals surface area (Å²) in [6, 6.07) is 0. The van der Waals surface area contributed by atoms with E-state index in [2.05, 4.69) is 9.97 Å². The number of H-pyrrole nitrogens is 1. The van der Waals surface area contributed by atoms with Crippen LogP contribution in [0, 0.1) is 5.92 Å². The van der Waals surface area contributed by atoms with Crippen LogP contribution in [0.15, 0.2) is 14.4 Å². The molecule has 7 nitrogen and oxygen atoms in total. The van der Waals surface area contributed by atoms with Gasteiger partial charge in [-0.05, 0) is 19.3 Å². The summed E-state index contributed by atoms with van der Waals surface area (Å²) < 4.78 is 15.7. The minimum atomic E-state index is -1.51. The van der Waals surface area contributed by atoms with E-state index in [4.69, 9.17) is 0 Å². The lowest BCUT2D eigenvalue weighted by Crippen LogP contribution is -2.41. The van der Waals surface area contributed by atoms with Gasteiger partial charge in [0, 0.05) is 13.6 Å². The van der Waals surface area contributed by atoms with Crippen LogP contribution in [0.3, 0.4) is 0 Å². The zero-order valence-corrected chi connectivity index (χ0v) is 13.1. The smallest absolute Gasteiger partial charge is 0.306 e. The third-order valence-electron chi connectivity index (χ3n) is 4.57. The number of aromatic amines is 1. The Labute approximate surface area is 130 Å². The summed E-state index contributed by atoms with van der Waals surface area (Å²) in [7, 11) is 1.34. The van der Waals surface area contributed by atoms with Crippen LogP contribution in [0.4, 0.5) is 4.39 Å². The molecule has 23 heavy (non-hydrogen) atoms. The van der Waals surface area contributed by atoms with Crippen LogP contribution < -0.4 is 16.8 Å². The van der Waals surface area contributed by atoms with Crippen molar-refractivity contribution in [3.8, 4) is 0 Å². The zero-order valence-electron chi connectivity index (χ0n) is 13.1. The lowest BCUT2D eigenvalue weighted by molar-refractivity contribution is 0.281. The highest BCUT2D eigenvalue weighted by atomic mass is 19.1. The molecule has 1 aliphatic carbocycles. The number of rotatable bonds is 4. The second-order valence-corrected chi connectivity index (χ2v) is 6.15. The topological polar surface area (TPSA) is 89.8 Å². The maximum Gasteiger partial charge on any atom is 0.331 e. The average molecular weight is 322 g/mol. The lowest BCUT2D eigenvalue weighted by atomic mass is 9.83. The molecule has 0 spiro atoms. The van der Waals surface area contributed by atoms with Gasteiger partial charge in [-0.2, -0.15) is 0 Å². The largest absolute Gasteiger partial charge is 0.331 e. The van der Waals surface area contributed by atoms with Crippen LogP contribution in [-0.4, -0.2) is 19.1 Å². The molecule has 0 aromatic carbocycles. The molecule has 0 saturated heterocycles. The molecule has 0 bridgehead atoms. The molecule has 3 rings (SSSR count). The van der Waals surface area contributed by atoms with Crippen molar-refractivity contribution < 1.29 is 4.39 Å². The van der Waals surface area contributed by atoms with Gasteiger partial charge in [-0.15, -0.1) is 0 Å². The van der Waals surface area contributed by atoms with Crippen LogP contribution in [0.1, 0.15) is 44.6 Å².